The van der Waals surface area contributed by atoms with Gasteiger partial charge in [-0.15, -0.1) is 0 Å². The van der Waals surface area contributed by atoms with E-state index < -0.39 is 17.6 Å². The summed E-state index contributed by atoms with van der Waals surface area (Å²) in [6, 6.07) is 13.2. The van der Waals surface area contributed by atoms with Gasteiger partial charge in [0.15, 0.2) is 0 Å². The normalized spacial score (nSPS) is 11.0. The molecule has 1 N–H and O–H groups in total. The molecular weight excluding hydrogens is 333 g/mol. The van der Waals surface area contributed by atoms with Crippen LogP contribution in [0, 0.1) is 0 Å². The summed E-state index contributed by atoms with van der Waals surface area (Å²) in [5.74, 6) is -0.903. The molecule has 0 unspecified atom stereocenters. The molecular formula is C18H17F3N2O2. The first-order chi connectivity index (χ1) is 11.8. The number of alkyl halides is 3. The summed E-state index contributed by atoms with van der Waals surface area (Å²) in [6.07, 6.45) is -4.45. The van der Waals surface area contributed by atoms with E-state index in [-0.39, 0.29) is 18.0 Å². The molecule has 132 valence electrons. The van der Waals surface area contributed by atoms with Crippen LogP contribution in [0.2, 0.25) is 0 Å². The smallest absolute Gasteiger partial charge is 0.343 e. The minimum Gasteiger partial charge on any atom is -0.343 e. The predicted octanol–water partition coefficient (Wildman–Crippen LogP) is 3.09. The largest absolute Gasteiger partial charge is 0.416 e. The second kappa shape index (κ2) is 7.83. The lowest BCUT2D eigenvalue weighted by atomic mass is 10.1. The van der Waals surface area contributed by atoms with Crippen LogP contribution in [0.25, 0.3) is 0 Å². The van der Waals surface area contributed by atoms with Gasteiger partial charge < -0.3 is 10.2 Å². The van der Waals surface area contributed by atoms with Gasteiger partial charge in [-0.05, 0) is 29.8 Å². The van der Waals surface area contributed by atoms with E-state index in [9.17, 15) is 22.8 Å². The number of carbonyl (C=O) groups is 2. The Labute approximate surface area is 143 Å². The predicted molar refractivity (Wildman–Crippen MR) is 86.7 cm³/mol. The molecule has 7 heteroatoms. The van der Waals surface area contributed by atoms with Crippen molar-refractivity contribution < 1.29 is 22.8 Å². The molecule has 0 atom stereocenters. The van der Waals surface area contributed by atoms with Crippen LogP contribution in [0.3, 0.4) is 0 Å². The maximum Gasteiger partial charge on any atom is 0.416 e. The molecule has 4 nitrogen and oxygen atoms in total. The van der Waals surface area contributed by atoms with Crippen molar-refractivity contribution >= 4 is 11.8 Å². The van der Waals surface area contributed by atoms with E-state index in [1.807, 2.05) is 30.3 Å². The zero-order valence-corrected chi connectivity index (χ0v) is 13.5. The van der Waals surface area contributed by atoms with Gasteiger partial charge in [0.25, 0.3) is 5.91 Å². The number of nitrogens with zero attached hydrogens (tertiary/aromatic N) is 1. The van der Waals surface area contributed by atoms with Crippen LogP contribution in [0.15, 0.2) is 54.6 Å². The first-order valence-electron chi connectivity index (χ1n) is 7.50. The lowest BCUT2D eigenvalue weighted by molar-refractivity contribution is -0.137. The summed E-state index contributed by atoms with van der Waals surface area (Å²) in [5.41, 5.74) is 0.182. The number of rotatable bonds is 5. The van der Waals surface area contributed by atoms with Crippen molar-refractivity contribution in [1.82, 2.24) is 10.2 Å². The van der Waals surface area contributed by atoms with E-state index in [0.717, 1.165) is 29.8 Å². The third-order valence-corrected chi connectivity index (χ3v) is 3.56. The SMILES string of the molecule is CN(Cc1ccccc1)C(=O)CNC(=O)c1ccc(C(F)(F)F)cc1. The average Bonchev–Trinajstić information content (AvgIpc) is 2.59. The Balaban J connectivity index is 1.87. The summed E-state index contributed by atoms with van der Waals surface area (Å²) < 4.78 is 37.5. The molecule has 25 heavy (non-hydrogen) atoms. The second-order valence-corrected chi connectivity index (χ2v) is 5.49. The van der Waals surface area contributed by atoms with Crippen LogP contribution >= 0.6 is 0 Å². The molecule has 0 radical (unpaired) electrons. The summed E-state index contributed by atoms with van der Waals surface area (Å²) in [7, 11) is 1.61. The van der Waals surface area contributed by atoms with Gasteiger partial charge in [0.05, 0.1) is 12.1 Å². The van der Waals surface area contributed by atoms with Crippen LogP contribution in [0.4, 0.5) is 13.2 Å². The number of halogens is 3. The monoisotopic (exact) mass is 350 g/mol. The van der Waals surface area contributed by atoms with Crippen molar-refractivity contribution in [1.29, 1.82) is 0 Å². The van der Waals surface area contributed by atoms with E-state index in [0.29, 0.717) is 6.54 Å². The topological polar surface area (TPSA) is 49.4 Å². The van der Waals surface area contributed by atoms with Crippen LogP contribution in [0.1, 0.15) is 21.5 Å². The van der Waals surface area contributed by atoms with E-state index in [1.54, 1.807) is 7.05 Å². The molecule has 2 aromatic rings. The van der Waals surface area contributed by atoms with Gasteiger partial charge in [0.2, 0.25) is 5.91 Å². The zero-order chi connectivity index (χ0) is 18.4. The summed E-state index contributed by atoms with van der Waals surface area (Å²) in [6.45, 7) is 0.166. The summed E-state index contributed by atoms with van der Waals surface area (Å²) in [4.78, 5) is 25.4. The van der Waals surface area contributed by atoms with Gasteiger partial charge in [-0.2, -0.15) is 13.2 Å². The molecule has 2 aromatic carbocycles. The Morgan fingerprint density at radius 3 is 2.16 bits per heavy atom. The van der Waals surface area contributed by atoms with Crippen molar-refractivity contribution in [3.63, 3.8) is 0 Å². The molecule has 0 aliphatic rings. The third-order valence-electron chi connectivity index (χ3n) is 3.56. The molecule has 0 aliphatic carbocycles. The van der Waals surface area contributed by atoms with Gasteiger partial charge in [-0.25, -0.2) is 0 Å². The van der Waals surface area contributed by atoms with Crippen molar-refractivity contribution in [2.24, 2.45) is 0 Å². The fourth-order valence-corrected chi connectivity index (χ4v) is 2.15. The van der Waals surface area contributed by atoms with Crippen molar-refractivity contribution in [2.45, 2.75) is 12.7 Å². The molecule has 0 saturated heterocycles. The second-order valence-electron chi connectivity index (χ2n) is 5.49. The highest BCUT2D eigenvalue weighted by Crippen LogP contribution is 2.29. The number of nitrogens with one attached hydrogen (secondary N) is 1. The van der Waals surface area contributed by atoms with Gasteiger partial charge in [-0.3, -0.25) is 9.59 Å². The number of benzene rings is 2. The fraction of sp³-hybridized carbons (Fsp3) is 0.222. The van der Waals surface area contributed by atoms with Crippen molar-refractivity contribution in [3.05, 3.63) is 71.3 Å². The first kappa shape index (κ1) is 18.5. The van der Waals surface area contributed by atoms with E-state index >= 15 is 0 Å². The molecule has 2 rings (SSSR count). The molecule has 0 aromatic heterocycles. The molecule has 0 bridgehead atoms. The standard InChI is InChI=1S/C18H17F3N2O2/c1-23(12-13-5-3-2-4-6-13)16(24)11-22-17(25)14-7-9-15(10-8-14)18(19,20)21/h2-10H,11-12H2,1H3,(H,22,25). The first-order valence-corrected chi connectivity index (χ1v) is 7.50. The van der Waals surface area contributed by atoms with Gasteiger partial charge in [-0.1, -0.05) is 30.3 Å². The van der Waals surface area contributed by atoms with Gasteiger partial charge in [0, 0.05) is 19.2 Å². The highest BCUT2D eigenvalue weighted by molar-refractivity contribution is 5.96. The van der Waals surface area contributed by atoms with Crippen LogP contribution < -0.4 is 5.32 Å². The van der Waals surface area contributed by atoms with Gasteiger partial charge >= 0.3 is 6.18 Å². The number of hydrogen-bond donors (Lipinski definition) is 1. The highest BCUT2D eigenvalue weighted by Gasteiger charge is 2.30. The van der Waals surface area contributed by atoms with Crippen LogP contribution in [-0.2, 0) is 17.5 Å². The number of carbonyl (C=O) groups excluding carboxylic acids is 2. The third kappa shape index (κ3) is 5.34. The van der Waals surface area contributed by atoms with E-state index in [1.165, 1.54) is 4.90 Å². The minimum atomic E-state index is -4.45. The maximum atomic E-state index is 12.5. The lowest BCUT2D eigenvalue weighted by Gasteiger charge is -2.17. The lowest BCUT2D eigenvalue weighted by Crippen LogP contribution is -2.37. The molecule has 0 spiro atoms. The van der Waals surface area contributed by atoms with Crippen LogP contribution in [-0.4, -0.2) is 30.3 Å². The molecule has 0 heterocycles. The molecule has 0 aliphatic heterocycles. The van der Waals surface area contributed by atoms with E-state index in [2.05, 4.69) is 5.32 Å². The van der Waals surface area contributed by atoms with Crippen molar-refractivity contribution in [2.75, 3.05) is 13.6 Å². The number of likely N-dealkylation sites (N-methyl/N-ethyl adjacent to an activating group) is 1. The quantitative estimate of drug-likeness (QED) is 0.901. The Hall–Kier alpha value is -2.83. The Morgan fingerprint density at radius 1 is 1.00 bits per heavy atom. The molecule has 2 amide bonds. The summed E-state index contributed by atoms with van der Waals surface area (Å²) in [5, 5.41) is 2.41. The minimum absolute atomic E-state index is 0.0616. The molecule has 0 saturated carbocycles. The van der Waals surface area contributed by atoms with Crippen molar-refractivity contribution in [3.8, 4) is 0 Å². The molecule has 0 fully saturated rings. The highest BCUT2D eigenvalue weighted by atomic mass is 19.4. The zero-order valence-electron chi connectivity index (χ0n) is 13.5. The number of hydrogen-bond acceptors (Lipinski definition) is 2. The maximum absolute atomic E-state index is 12.5. The fourth-order valence-electron chi connectivity index (χ4n) is 2.15. The average molecular weight is 350 g/mol. The summed E-state index contributed by atoms with van der Waals surface area (Å²) >= 11 is 0. The Bertz CT molecular complexity index is 728. The van der Waals surface area contributed by atoms with Crippen LogP contribution in [0.5, 0.6) is 0 Å². The van der Waals surface area contributed by atoms with E-state index in [4.69, 9.17) is 0 Å². The Morgan fingerprint density at radius 2 is 1.60 bits per heavy atom. The Kier molecular flexibility index (Phi) is 5.80. The van der Waals surface area contributed by atoms with Gasteiger partial charge in [0.1, 0.15) is 0 Å². The number of amides is 2.